The molecule has 0 spiro atoms. The minimum Gasteiger partial charge on any atom is -0.335 e. The van der Waals surface area contributed by atoms with E-state index in [2.05, 4.69) is 71.6 Å². The van der Waals surface area contributed by atoms with Crippen LogP contribution in [-0.4, -0.2) is 16.8 Å². The van der Waals surface area contributed by atoms with Crippen molar-refractivity contribution in [3.05, 3.63) is 106 Å². The van der Waals surface area contributed by atoms with E-state index in [-0.39, 0.29) is 11.8 Å². The smallest absolute Gasteiger partial charge is 0.227 e. The molecular weight excluding hydrogens is 402 g/mol. The van der Waals surface area contributed by atoms with E-state index >= 15 is 0 Å². The lowest BCUT2D eigenvalue weighted by atomic mass is 9.58. The number of hydrogen-bond donors (Lipinski definition) is 0. The van der Waals surface area contributed by atoms with E-state index in [0.29, 0.717) is 30.3 Å². The monoisotopic (exact) mass is 427 g/mol. The number of halogens is 1. The van der Waals surface area contributed by atoms with Crippen LogP contribution in [0.2, 0.25) is 5.02 Å². The first-order valence-electron chi connectivity index (χ1n) is 11.4. The maximum atomic E-state index is 14.1. The molecule has 3 heteroatoms. The summed E-state index contributed by atoms with van der Waals surface area (Å²) in [6.45, 7) is 0.711. The van der Waals surface area contributed by atoms with Crippen LogP contribution in [0.4, 0.5) is 0 Å². The second-order valence-electron chi connectivity index (χ2n) is 9.32. The van der Waals surface area contributed by atoms with E-state index < -0.39 is 0 Å². The highest BCUT2D eigenvalue weighted by Gasteiger charge is 2.58. The molecule has 5 atom stereocenters. The number of carbonyl (C=O) groups excluding carboxylic acids is 1. The second-order valence-corrected chi connectivity index (χ2v) is 9.76. The van der Waals surface area contributed by atoms with Crippen molar-refractivity contribution in [2.75, 3.05) is 0 Å². The van der Waals surface area contributed by atoms with E-state index in [0.717, 1.165) is 11.4 Å². The van der Waals surface area contributed by atoms with Crippen LogP contribution in [0.1, 0.15) is 53.4 Å². The fourth-order valence-electron chi connectivity index (χ4n) is 6.67. The van der Waals surface area contributed by atoms with Crippen molar-refractivity contribution in [2.45, 2.75) is 43.7 Å². The SMILES string of the molecule is O=C1[C@@H]2[C@H](c3ccccc3)c3cc(Cl)ccc3[C@H]3CCC[C@H]([C@@H]23)N1Cc1ccccc1. The largest absolute Gasteiger partial charge is 0.335 e. The first kappa shape index (κ1) is 19.1. The average Bonchev–Trinajstić information content (AvgIpc) is 3.08. The summed E-state index contributed by atoms with van der Waals surface area (Å²) in [6, 6.07) is 27.8. The van der Waals surface area contributed by atoms with Gasteiger partial charge in [-0.3, -0.25) is 4.79 Å². The Kier molecular flexibility index (Phi) is 4.65. The molecule has 3 aromatic carbocycles. The maximum absolute atomic E-state index is 14.1. The Morgan fingerprint density at radius 3 is 2.39 bits per heavy atom. The topological polar surface area (TPSA) is 20.3 Å². The molecule has 1 heterocycles. The summed E-state index contributed by atoms with van der Waals surface area (Å²) >= 11 is 6.48. The van der Waals surface area contributed by atoms with Crippen LogP contribution in [-0.2, 0) is 11.3 Å². The van der Waals surface area contributed by atoms with Crippen molar-refractivity contribution in [3.8, 4) is 0 Å². The number of fused-ring (bicyclic) bond motifs is 2. The molecule has 3 aromatic rings. The molecule has 0 aromatic heterocycles. The van der Waals surface area contributed by atoms with Gasteiger partial charge >= 0.3 is 0 Å². The van der Waals surface area contributed by atoms with Crippen LogP contribution in [0.15, 0.2) is 78.9 Å². The molecule has 2 fully saturated rings. The molecular formula is C28H26ClNO. The van der Waals surface area contributed by atoms with E-state index in [1.807, 2.05) is 12.1 Å². The van der Waals surface area contributed by atoms with Crippen LogP contribution in [0.25, 0.3) is 0 Å². The third kappa shape index (κ3) is 3.03. The van der Waals surface area contributed by atoms with Gasteiger partial charge in [-0.1, -0.05) is 84.8 Å². The molecule has 0 N–H and O–H groups in total. The van der Waals surface area contributed by atoms with Crippen molar-refractivity contribution < 1.29 is 4.79 Å². The lowest BCUT2D eigenvalue weighted by Gasteiger charge is -2.45. The zero-order valence-electron chi connectivity index (χ0n) is 17.5. The third-order valence-electron chi connectivity index (χ3n) is 7.80. The van der Waals surface area contributed by atoms with Gasteiger partial charge in [0.1, 0.15) is 0 Å². The number of carbonyl (C=O) groups is 1. The molecule has 31 heavy (non-hydrogen) atoms. The van der Waals surface area contributed by atoms with E-state index in [1.165, 1.54) is 35.1 Å². The van der Waals surface area contributed by atoms with Crippen LogP contribution in [0.3, 0.4) is 0 Å². The minimum absolute atomic E-state index is 0.00706. The van der Waals surface area contributed by atoms with Crippen molar-refractivity contribution in [1.29, 1.82) is 0 Å². The Balaban J connectivity index is 1.50. The summed E-state index contributed by atoms with van der Waals surface area (Å²) in [4.78, 5) is 16.3. The number of benzene rings is 3. The Bertz CT molecular complexity index is 1110. The molecule has 0 bridgehead atoms. The molecule has 1 saturated carbocycles. The molecule has 6 rings (SSSR count). The minimum atomic E-state index is -0.00706. The summed E-state index contributed by atoms with van der Waals surface area (Å²) < 4.78 is 0. The molecule has 2 aliphatic carbocycles. The number of nitrogens with zero attached hydrogens (tertiary/aromatic N) is 1. The standard InChI is InChI=1S/C28H26ClNO/c29-20-14-15-21-22-12-7-13-24-26(22)27(25(23(21)16-20)19-10-5-2-6-11-19)28(31)30(24)17-18-8-3-1-4-9-18/h1-6,8-11,14-16,22,24-27H,7,12-13,17H2/t22-,24-,25-,26+,27-/m1/s1. The highest BCUT2D eigenvalue weighted by atomic mass is 35.5. The number of rotatable bonds is 3. The van der Waals surface area contributed by atoms with Gasteiger partial charge in [-0.05, 0) is 59.1 Å². The molecule has 1 amide bonds. The highest BCUT2D eigenvalue weighted by Crippen LogP contribution is 2.59. The maximum Gasteiger partial charge on any atom is 0.227 e. The summed E-state index contributed by atoms with van der Waals surface area (Å²) in [7, 11) is 0. The summed E-state index contributed by atoms with van der Waals surface area (Å²) in [5.74, 6) is 1.21. The van der Waals surface area contributed by atoms with Crippen LogP contribution in [0.5, 0.6) is 0 Å². The van der Waals surface area contributed by atoms with Crippen LogP contribution in [0, 0.1) is 11.8 Å². The van der Waals surface area contributed by atoms with E-state index in [1.54, 1.807) is 0 Å². The zero-order chi connectivity index (χ0) is 20.9. The van der Waals surface area contributed by atoms with Gasteiger partial charge in [0.15, 0.2) is 0 Å². The van der Waals surface area contributed by atoms with Crippen LogP contribution >= 0.6 is 11.6 Å². The average molecular weight is 428 g/mol. The summed E-state index contributed by atoms with van der Waals surface area (Å²) in [6.07, 6.45) is 3.45. The highest BCUT2D eigenvalue weighted by molar-refractivity contribution is 6.30. The van der Waals surface area contributed by atoms with Crippen molar-refractivity contribution in [1.82, 2.24) is 4.90 Å². The number of hydrogen-bond acceptors (Lipinski definition) is 1. The Labute approximate surface area is 188 Å². The van der Waals surface area contributed by atoms with Gasteiger partial charge in [0.2, 0.25) is 5.91 Å². The second kappa shape index (κ2) is 7.53. The van der Waals surface area contributed by atoms with Gasteiger partial charge in [-0.25, -0.2) is 0 Å². The van der Waals surface area contributed by atoms with Gasteiger partial charge in [-0.2, -0.15) is 0 Å². The number of amides is 1. The number of likely N-dealkylation sites (tertiary alicyclic amines) is 1. The zero-order valence-corrected chi connectivity index (χ0v) is 18.2. The predicted octanol–water partition coefficient (Wildman–Crippen LogP) is 6.40. The van der Waals surface area contributed by atoms with Crippen molar-refractivity contribution >= 4 is 17.5 Å². The van der Waals surface area contributed by atoms with Gasteiger partial charge in [0.05, 0.1) is 5.92 Å². The van der Waals surface area contributed by atoms with E-state index in [9.17, 15) is 4.79 Å². The van der Waals surface area contributed by atoms with Gasteiger partial charge < -0.3 is 4.90 Å². The fraction of sp³-hybridized carbons (Fsp3) is 0.321. The first-order valence-corrected chi connectivity index (χ1v) is 11.8. The predicted molar refractivity (Wildman–Crippen MR) is 124 cm³/mol. The summed E-state index contributed by atoms with van der Waals surface area (Å²) in [5, 5.41) is 0.761. The molecule has 2 nitrogen and oxygen atoms in total. The molecule has 1 aliphatic heterocycles. The lowest BCUT2D eigenvalue weighted by molar-refractivity contribution is -0.133. The lowest BCUT2D eigenvalue weighted by Crippen LogP contribution is -2.40. The normalized spacial score (nSPS) is 28.9. The molecule has 1 saturated heterocycles. The van der Waals surface area contributed by atoms with Crippen molar-refractivity contribution in [2.24, 2.45) is 11.8 Å². The summed E-state index contributed by atoms with van der Waals surface area (Å²) in [5.41, 5.74) is 5.13. The molecule has 156 valence electrons. The van der Waals surface area contributed by atoms with Crippen LogP contribution < -0.4 is 0 Å². The van der Waals surface area contributed by atoms with Gasteiger partial charge in [-0.15, -0.1) is 0 Å². The Morgan fingerprint density at radius 2 is 1.61 bits per heavy atom. The third-order valence-corrected chi connectivity index (χ3v) is 8.04. The molecule has 0 radical (unpaired) electrons. The Hall–Kier alpha value is -2.58. The quantitative estimate of drug-likeness (QED) is 0.473. The van der Waals surface area contributed by atoms with Gasteiger partial charge in [0.25, 0.3) is 0 Å². The Morgan fingerprint density at radius 1 is 0.871 bits per heavy atom. The van der Waals surface area contributed by atoms with Gasteiger partial charge in [0, 0.05) is 23.5 Å². The van der Waals surface area contributed by atoms with Crippen molar-refractivity contribution in [3.63, 3.8) is 0 Å². The van der Waals surface area contributed by atoms with E-state index in [4.69, 9.17) is 11.6 Å². The fourth-order valence-corrected chi connectivity index (χ4v) is 6.85. The first-order chi connectivity index (χ1) is 15.2. The molecule has 3 aliphatic rings. The molecule has 0 unspecified atom stereocenters.